The molecule has 0 spiro atoms. The van der Waals surface area contributed by atoms with Gasteiger partial charge in [-0.1, -0.05) is 67.2 Å². The quantitative estimate of drug-likeness (QED) is 0.698. The second kappa shape index (κ2) is 7.55. The average molecular weight is 402 g/mol. The number of carbonyl (C=O) groups is 1. The molecule has 0 unspecified atom stereocenters. The van der Waals surface area contributed by atoms with E-state index in [2.05, 4.69) is 6.58 Å². The first kappa shape index (κ1) is 19.5. The largest absolute Gasteiger partial charge is 0.503 e. The molecule has 2 heterocycles. The number of carboxylic acids is 1. The van der Waals surface area contributed by atoms with Gasteiger partial charge >= 0.3 is 5.97 Å². The number of rotatable bonds is 4. The summed E-state index contributed by atoms with van der Waals surface area (Å²) in [6, 6.07) is 19.6. The molecule has 1 aromatic heterocycles. The second-order valence-corrected chi connectivity index (χ2v) is 7.48. The zero-order valence-electron chi connectivity index (χ0n) is 16.5. The van der Waals surface area contributed by atoms with E-state index in [-0.39, 0.29) is 17.7 Å². The SMILES string of the molecule is C=C1c2c(O)c(=O)c(C(=O)O)cn2[C@@H](C(c2ccccc2)c2ccccc2)CN1C. The summed E-state index contributed by atoms with van der Waals surface area (Å²) in [5.74, 6) is -2.09. The molecule has 4 rings (SSSR count). The third kappa shape index (κ3) is 3.16. The van der Waals surface area contributed by atoms with Crippen LogP contribution in [0.2, 0.25) is 0 Å². The van der Waals surface area contributed by atoms with Crippen molar-refractivity contribution in [2.24, 2.45) is 0 Å². The third-order valence-corrected chi connectivity index (χ3v) is 5.70. The number of hydrogen-bond acceptors (Lipinski definition) is 4. The summed E-state index contributed by atoms with van der Waals surface area (Å²) in [6.07, 6.45) is 1.33. The van der Waals surface area contributed by atoms with Gasteiger partial charge in [-0.3, -0.25) is 4.79 Å². The van der Waals surface area contributed by atoms with Crippen molar-refractivity contribution in [3.8, 4) is 5.75 Å². The smallest absolute Gasteiger partial charge is 0.341 e. The van der Waals surface area contributed by atoms with E-state index in [1.165, 1.54) is 6.20 Å². The number of fused-ring (bicyclic) bond motifs is 1. The minimum Gasteiger partial charge on any atom is -0.503 e. The van der Waals surface area contributed by atoms with Crippen LogP contribution in [0, 0.1) is 0 Å². The normalized spacial score (nSPS) is 15.9. The number of likely N-dealkylation sites (N-methyl/N-ethyl adjacent to an activating group) is 1. The van der Waals surface area contributed by atoms with Gasteiger partial charge < -0.3 is 19.7 Å². The van der Waals surface area contributed by atoms with Crippen LogP contribution >= 0.6 is 0 Å². The summed E-state index contributed by atoms with van der Waals surface area (Å²) in [5.41, 5.74) is 1.46. The van der Waals surface area contributed by atoms with E-state index in [1.54, 1.807) is 4.57 Å². The first-order valence-electron chi connectivity index (χ1n) is 9.62. The Balaban J connectivity index is 2.00. The van der Waals surface area contributed by atoms with Crippen molar-refractivity contribution < 1.29 is 15.0 Å². The summed E-state index contributed by atoms with van der Waals surface area (Å²) < 4.78 is 1.70. The Hall–Kier alpha value is -3.80. The van der Waals surface area contributed by atoms with Gasteiger partial charge in [0.15, 0.2) is 5.75 Å². The Morgan fingerprint density at radius 1 is 1.07 bits per heavy atom. The Morgan fingerprint density at radius 3 is 2.10 bits per heavy atom. The molecule has 0 radical (unpaired) electrons. The molecule has 6 nitrogen and oxygen atoms in total. The van der Waals surface area contributed by atoms with E-state index in [4.69, 9.17) is 0 Å². The molecule has 0 saturated heterocycles. The van der Waals surface area contributed by atoms with Gasteiger partial charge in [-0.15, -0.1) is 0 Å². The van der Waals surface area contributed by atoms with Gasteiger partial charge in [-0.05, 0) is 11.1 Å². The minimum absolute atomic E-state index is 0.134. The van der Waals surface area contributed by atoms with E-state index in [0.717, 1.165) is 11.1 Å². The summed E-state index contributed by atoms with van der Waals surface area (Å²) in [7, 11) is 1.85. The minimum atomic E-state index is -1.37. The number of aromatic carboxylic acids is 1. The number of hydrogen-bond donors (Lipinski definition) is 2. The highest BCUT2D eigenvalue weighted by molar-refractivity contribution is 5.88. The fourth-order valence-electron chi connectivity index (χ4n) is 4.20. The molecule has 2 aromatic carbocycles. The molecule has 1 atom stereocenters. The van der Waals surface area contributed by atoms with Crippen LogP contribution in [0.4, 0.5) is 0 Å². The lowest BCUT2D eigenvalue weighted by atomic mass is 9.83. The topological polar surface area (TPSA) is 82.8 Å². The Labute approximate surface area is 174 Å². The molecule has 0 aliphatic carbocycles. The van der Waals surface area contributed by atoms with E-state index in [0.29, 0.717) is 12.2 Å². The highest BCUT2D eigenvalue weighted by atomic mass is 16.4. The predicted molar refractivity (Wildman–Crippen MR) is 115 cm³/mol. The van der Waals surface area contributed by atoms with Crippen molar-refractivity contribution in [1.82, 2.24) is 9.47 Å². The van der Waals surface area contributed by atoms with Crippen molar-refractivity contribution in [3.63, 3.8) is 0 Å². The van der Waals surface area contributed by atoms with Crippen LogP contribution in [-0.2, 0) is 0 Å². The van der Waals surface area contributed by atoms with Gasteiger partial charge in [-0.25, -0.2) is 4.79 Å². The van der Waals surface area contributed by atoms with Crippen LogP contribution in [-0.4, -0.2) is 39.2 Å². The van der Waals surface area contributed by atoms with Crippen LogP contribution in [0.15, 0.2) is 78.2 Å². The lowest BCUT2D eigenvalue weighted by Gasteiger charge is -2.41. The molecule has 3 aromatic rings. The van der Waals surface area contributed by atoms with Crippen LogP contribution in [0.25, 0.3) is 5.70 Å². The molecule has 1 aliphatic rings. The highest BCUT2D eigenvalue weighted by Gasteiger charge is 2.36. The maximum absolute atomic E-state index is 12.4. The molecule has 0 fully saturated rings. The van der Waals surface area contributed by atoms with Crippen molar-refractivity contribution in [2.75, 3.05) is 13.6 Å². The first-order valence-corrected chi connectivity index (χ1v) is 9.62. The maximum atomic E-state index is 12.4. The molecule has 1 aliphatic heterocycles. The van der Waals surface area contributed by atoms with Gasteiger partial charge in [0.1, 0.15) is 11.3 Å². The number of aromatic nitrogens is 1. The number of benzene rings is 2. The zero-order valence-corrected chi connectivity index (χ0v) is 16.5. The third-order valence-electron chi connectivity index (χ3n) is 5.70. The summed E-state index contributed by atoms with van der Waals surface area (Å²) in [6.45, 7) is 4.54. The summed E-state index contributed by atoms with van der Waals surface area (Å²) in [4.78, 5) is 26.0. The van der Waals surface area contributed by atoms with Crippen LogP contribution < -0.4 is 5.43 Å². The number of nitrogens with zero attached hydrogens (tertiary/aromatic N) is 2. The first-order chi connectivity index (χ1) is 14.4. The van der Waals surface area contributed by atoms with Gasteiger partial charge in [-0.2, -0.15) is 0 Å². The molecule has 0 bridgehead atoms. The fourth-order valence-corrected chi connectivity index (χ4v) is 4.20. The van der Waals surface area contributed by atoms with Crippen molar-refractivity contribution in [1.29, 1.82) is 0 Å². The van der Waals surface area contributed by atoms with E-state index >= 15 is 0 Å². The van der Waals surface area contributed by atoms with E-state index < -0.39 is 22.7 Å². The lowest BCUT2D eigenvalue weighted by Crippen LogP contribution is -2.39. The molecule has 6 heteroatoms. The van der Waals surface area contributed by atoms with Crippen LogP contribution in [0.3, 0.4) is 0 Å². The molecule has 0 amide bonds. The lowest BCUT2D eigenvalue weighted by molar-refractivity contribution is 0.0693. The number of aromatic hydroxyl groups is 1. The van der Waals surface area contributed by atoms with Gasteiger partial charge in [0.25, 0.3) is 0 Å². The van der Waals surface area contributed by atoms with E-state index in [1.807, 2.05) is 72.6 Å². The Kier molecular flexibility index (Phi) is 4.91. The van der Waals surface area contributed by atoms with Crippen molar-refractivity contribution in [3.05, 3.63) is 106 Å². The van der Waals surface area contributed by atoms with Gasteiger partial charge in [0, 0.05) is 25.7 Å². The molecule has 2 N–H and O–H groups in total. The van der Waals surface area contributed by atoms with Crippen LogP contribution in [0.5, 0.6) is 5.75 Å². The molecule has 0 saturated carbocycles. The number of pyridine rings is 1. The predicted octanol–water partition coefficient (Wildman–Crippen LogP) is 3.54. The number of carboxylic acid groups (broad SMARTS) is 1. The molecule has 152 valence electrons. The molecule has 30 heavy (non-hydrogen) atoms. The standard InChI is InChI=1S/C24H22N2O4/c1-15-21-23(28)22(27)18(24(29)30)13-26(21)19(14-25(15)2)20(16-9-5-3-6-10-16)17-11-7-4-8-12-17/h3-13,19-20,28H,1,14H2,2H3,(H,29,30)/t19-/m1/s1. The Morgan fingerprint density at radius 2 is 1.60 bits per heavy atom. The zero-order chi connectivity index (χ0) is 21.4. The average Bonchev–Trinajstić information content (AvgIpc) is 2.75. The molecular weight excluding hydrogens is 380 g/mol. The van der Waals surface area contributed by atoms with Crippen LogP contribution in [0.1, 0.15) is 39.1 Å². The monoisotopic (exact) mass is 402 g/mol. The van der Waals surface area contributed by atoms with Gasteiger partial charge in [0.2, 0.25) is 5.43 Å². The van der Waals surface area contributed by atoms with E-state index in [9.17, 15) is 19.8 Å². The fraction of sp³-hybridized carbons (Fsp3) is 0.167. The Bertz CT molecular complexity index is 1130. The summed E-state index contributed by atoms with van der Waals surface area (Å²) in [5, 5.41) is 20.1. The van der Waals surface area contributed by atoms with Crippen molar-refractivity contribution >= 4 is 11.7 Å². The summed E-state index contributed by atoms with van der Waals surface area (Å²) >= 11 is 0. The molecular formula is C24H22N2O4. The van der Waals surface area contributed by atoms with Gasteiger partial charge in [0.05, 0.1) is 11.7 Å². The maximum Gasteiger partial charge on any atom is 0.341 e. The highest BCUT2D eigenvalue weighted by Crippen LogP contribution is 2.42. The van der Waals surface area contributed by atoms with Crippen molar-refractivity contribution in [2.45, 2.75) is 12.0 Å². The second-order valence-electron chi connectivity index (χ2n) is 7.48.